The number of amides is 1. The molecule has 3 N–H and O–H groups in total. The Morgan fingerprint density at radius 3 is 3.04 bits per heavy atom. The Kier molecular flexibility index (Phi) is 4.21. The molecule has 3 heterocycles. The minimum Gasteiger partial charge on any atom is -0.352 e. The highest BCUT2D eigenvalue weighted by Crippen LogP contribution is 2.39. The predicted octanol–water partition coefficient (Wildman–Crippen LogP) is 1.76. The molecule has 0 spiro atoms. The van der Waals surface area contributed by atoms with Crippen molar-refractivity contribution in [2.45, 2.75) is 38.1 Å². The molecule has 1 saturated heterocycles. The van der Waals surface area contributed by atoms with Crippen LogP contribution in [0.4, 0.5) is 17.6 Å². The highest BCUT2D eigenvalue weighted by molar-refractivity contribution is 5.73. The van der Waals surface area contributed by atoms with Gasteiger partial charge >= 0.3 is 0 Å². The van der Waals surface area contributed by atoms with E-state index in [4.69, 9.17) is 6.42 Å². The van der Waals surface area contributed by atoms with Crippen molar-refractivity contribution in [1.82, 2.24) is 25.5 Å². The van der Waals surface area contributed by atoms with Crippen molar-refractivity contribution in [3.8, 4) is 12.3 Å². The maximum Gasteiger partial charge on any atom is 0.227 e. The number of aromatic amines is 1. The van der Waals surface area contributed by atoms with Crippen molar-refractivity contribution in [3.63, 3.8) is 0 Å². The van der Waals surface area contributed by atoms with Crippen LogP contribution in [0.3, 0.4) is 0 Å². The van der Waals surface area contributed by atoms with Crippen LogP contribution in [-0.2, 0) is 4.79 Å². The van der Waals surface area contributed by atoms with Gasteiger partial charge in [-0.25, -0.2) is 4.98 Å². The van der Waals surface area contributed by atoms with Crippen LogP contribution in [0.5, 0.6) is 0 Å². The number of terminal acetylenes is 1. The van der Waals surface area contributed by atoms with Crippen molar-refractivity contribution < 1.29 is 6.22 Å². The molecule has 0 unspecified atom stereocenters. The van der Waals surface area contributed by atoms with Gasteiger partial charge in [-0.3, -0.25) is 9.89 Å². The first-order valence-corrected chi connectivity index (χ1v) is 8.80. The maximum absolute atomic E-state index is 11.2. The number of hydrogen-bond acceptors (Lipinski definition) is 6. The molecule has 1 aliphatic carbocycles. The quantitative estimate of drug-likeness (QED) is 0.709. The molecular formula is C18H23N7O. The summed E-state index contributed by atoms with van der Waals surface area (Å²) < 4.78 is 0. The second-order valence-electron chi connectivity index (χ2n) is 6.82. The van der Waals surface area contributed by atoms with Gasteiger partial charge in [0.2, 0.25) is 11.9 Å². The lowest BCUT2D eigenvalue weighted by atomic mass is 10.3. The molecule has 1 atom stereocenters. The lowest BCUT2D eigenvalue weighted by molar-refractivity contribution is -0.119. The molecule has 2 fully saturated rings. The number of hydrogen-bond donors (Lipinski definition) is 3. The Labute approximate surface area is 153 Å². The van der Waals surface area contributed by atoms with Crippen LogP contribution in [0.15, 0.2) is 12.3 Å². The third-order valence-corrected chi connectivity index (χ3v) is 4.67. The van der Waals surface area contributed by atoms with Crippen molar-refractivity contribution in [1.29, 1.82) is 0 Å². The van der Waals surface area contributed by atoms with Crippen molar-refractivity contribution in [3.05, 3.63) is 23.5 Å². The predicted molar refractivity (Wildman–Crippen MR) is 100 cm³/mol. The lowest BCUT2D eigenvalue weighted by Crippen LogP contribution is -2.35. The van der Waals surface area contributed by atoms with E-state index in [1.54, 1.807) is 6.20 Å². The number of H-pyrrole nitrogens is 1. The fraction of sp³-hybridized carbons (Fsp3) is 0.444. The summed E-state index contributed by atoms with van der Waals surface area (Å²) in [6.07, 6.45) is 10.5. The van der Waals surface area contributed by atoms with Gasteiger partial charge in [0.25, 0.3) is 0 Å². The van der Waals surface area contributed by atoms with E-state index in [2.05, 4.69) is 36.7 Å². The van der Waals surface area contributed by atoms with Gasteiger partial charge in [0.15, 0.2) is 11.6 Å². The minimum atomic E-state index is -0.0206. The Balaban J connectivity index is 0.00000210. The Hall–Kier alpha value is -3.08. The number of nitrogens with one attached hydrogen (secondary N) is 3. The van der Waals surface area contributed by atoms with Crippen LogP contribution >= 0.6 is 0 Å². The molecule has 0 aromatic carbocycles. The molecule has 2 aliphatic rings. The molecule has 8 nitrogen and oxygen atoms in total. The molecular weight excluding hydrogens is 330 g/mol. The number of anilines is 3. The molecule has 4 rings (SSSR count). The van der Waals surface area contributed by atoms with E-state index in [1.807, 2.05) is 11.0 Å². The lowest BCUT2D eigenvalue weighted by Gasteiger charge is -2.17. The Morgan fingerprint density at radius 2 is 2.31 bits per heavy atom. The van der Waals surface area contributed by atoms with E-state index in [0.29, 0.717) is 35.6 Å². The summed E-state index contributed by atoms with van der Waals surface area (Å²) in [5.74, 6) is 5.05. The van der Waals surface area contributed by atoms with Gasteiger partial charge in [-0.15, -0.1) is 6.42 Å². The van der Waals surface area contributed by atoms with Crippen molar-refractivity contribution >= 4 is 23.5 Å². The first-order valence-electron chi connectivity index (χ1n) is 8.80. The van der Waals surface area contributed by atoms with E-state index in [1.165, 1.54) is 19.8 Å². The summed E-state index contributed by atoms with van der Waals surface area (Å²) in [4.78, 5) is 22.3. The fourth-order valence-electron chi connectivity index (χ4n) is 3.20. The zero-order valence-electron chi connectivity index (χ0n) is 14.6. The van der Waals surface area contributed by atoms with Gasteiger partial charge in [0.05, 0.1) is 11.8 Å². The van der Waals surface area contributed by atoms with Crippen LogP contribution in [0.2, 0.25) is 0 Å². The van der Waals surface area contributed by atoms with Crippen molar-refractivity contribution in [2.24, 2.45) is 0 Å². The molecule has 2 aromatic heterocycles. The summed E-state index contributed by atoms with van der Waals surface area (Å²) in [6, 6.07) is 2.12. The summed E-state index contributed by atoms with van der Waals surface area (Å²) in [7, 11) is 0. The number of carbonyl (C=O) groups excluding carboxylic acids is 1. The summed E-state index contributed by atoms with van der Waals surface area (Å²) in [6.45, 7) is 3.00. The summed E-state index contributed by atoms with van der Waals surface area (Å²) in [5, 5.41) is 13.5. The number of rotatable bonds is 5. The highest BCUT2D eigenvalue weighted by atomic mass is 16.1. The number of aromatic nitrogens is 4. The van der Waals surface area contributed by atoms with Gasteiger partial charge in [0.1, 0.15) is 0 Å². The topological polar surface area (TPSA) is 98.8 Å². The molecule has 26 heavy (non-hydrogen) atoms. The molecule has 1 saturated carbocycles. The molecule has 0 bridgehead atoms. The third-order valence-electron chi connectivity index (χ3n) is 4.67. The van der Waals surface area contributed by atoms with Gasteiger partial charge in [-0.2, -0.15) is 10.1 Å². The second-order valence-corrected chi connectivity index (χ2v) is 6.82. The monoisotopic (exact) mass is 353 g/mol. The summed E-state index contributed by atoms with van der Waals surface area (Å²) in [5.41, 5.74) is 1.73. The molecule has 8 heteroatoms. The van der Waals surface area contributed by atoms with E-state index in [9.17, 15) is 4.79 Å². The van der Waals surface area contributed by atoms with Crippen LogP contribution < -0.4 is 15.5 Å². The van der Waals surface area contributed by atoms with E-state index >= 15 is 0 Å². The fourth-order valence-corrected chi connectivity index (χ4v) is 3.20. The van der Waals surface area contributed by atoms with Crippen LogP contribution in [0.25, 0.3) is 0 Å². The minimum absolute atomic E-state index is 0. The standard InChI is InChI=1S/C18H21N7O.H2/c1-3-12-9-19-18(25-7-6-14(10-25)20-11(2)26)22-17(12)21-16-8-15(23-24-16)13-4-5-13;/h1,8-9,13-14H,4-7,10H2,2H3,(H,20,26)(H2,19,21,22,23,24);1H/t14-;/m0./s1. The zero-order chi connectivity index (χ0) is 18.1. The molecule has 1 amide bonds. The highest BCUT2D eigenvalue weighted by Gasteiger charge is 2.27. The number of nitrogens with zero attached hydrogens (tertiary/aromatic N) is 4. The van der Waals surface area contributed by atoms with Crippen molar-refractivity contribution in [2.75, 3.05) is 23.3 Å². The first-order chi connectivity index (χ1) is 12.6. The van der Waals surface area contributed by atoms with Gasteiger partial charge in [0, 0.05) is 45.2 Å². The van der Waals surface area contributed by atoms with Gasteiger partial charge in [-0.05, 0) is 19.3 Å². The third kappa shape index (κ3) is 3.47. The van der Waals surface area contributed by atoms with Crippen LogP contribution in [-0.4, -0.2) is 45.2 Å². The second kappa shape index (κ2) is 6.67. The van der Waals surface area contributed by atoms with E-state index in [-0.39, 0.29) is 13.4 Å². The Morgan fingerprint density at radius 1 is 1.46 bits per heavy atom. The van der Waals surface area contributed by atoms with E-state index in [0.717, 1.165) is 18.7 Å². The maximum atomic E-state index is 11.2. The smallest absolute Gasteiger partial charge is 0.227 e. The van der Waals surface area contributed by atoms with Crippen LogP contribution in [0.1, 0.15) is 44.8 Å². The normalized spacial score (nSPS) is 19.2. The largest absolute Gasteiger partial charge is 0.352 e. The van der Waals surface area contributed by atoms with E-state index < -0.39 is 0 Å². The average Bonchev–Trinajstić information content (AvgIpc) is 3.19. The summed E-state index contributed by atoms with van der Waals surface area (Å²) >= 11 is 0. The molecule has 1 aliphatic heterocycles. The Bertz CT molecular complexity index is 871. The number of carbonyl (C=O) groups is 1. The molecule has 136 valence electrons. The SMILES string of the molecule is C#Cc1cnc(N2CC[C@H](NC(C)=O)C2)nc1Nc1cc(C2CC2)[nH]n1.[HH]. The van der Waals surface area contributed by atoms with Crippen LogP contribution in [0, 0.1) is 12.3 Å². The zero-order valence-corrected chi connectivity index (χ0v) is 14.6. The molecule has 0 radical (unpaired) electrons. The average molecular weight is 353 g/mol. The van der Waals surface area contributed by atoms with Gasteiger partial charge in [-0.1, -0.05) is 5.92 Å². The molecule has 2 aromatic rings. The van der Waals surface area contributed by atoms with Gasteiger partial charge < -0.3 is 15.5 Å². The first kappa shape index (κ1) is 16.4.